The van der Waals surface area contributed by atoms with Gasteiger partial charge in [-0.2, -0.15) is 0 Å². The van der Waals surface area contributed by atoms with Gasteiger partial charge in [-0.1, -0.05) is 18.2 Å². The molecule has 2 aromatic carbocycles. The van der Waals surface area contributed by atoms with E-state index in [4.69, 9.17) is 9.47 Å². The normalized spacial score (nSPS) is 10.2. The molecule has 0 radical (unpaired) electrons. The summed E-state index contributed by atoms with van der Waals surface area (Å²) in [6, 6.07) is 13.3. The van der Waals surface area contributed by atoms with Gasteiger partial charge in [0.15, 0.2) is 0 Å². The van der Waals surface area contributed by atoms with Gasteiger partial charge in [0, 0.05) is 24.1 Å². The van der Waals surface area contributed by atoms with E-state index < -0.39 is 4.92 Å². The highest BCUT2D eigenvalue weighted by atomic mass is 16.6. The van der Waals surface area contributed by atoms with Crippen LogP contribution in [0, 0.1) is 10.1 Å². The Morgan fingerprint density at radius 1 is 1.00 bits per heavy atom. The van der Waals surface area contributed by atoms with Gasteiger partial charge in [0.05, 0.1) is 24.7 Å². The highest BCUT2D eigenvalue weighted by Crippen LogP contribution is 2.19. The van der Waals surface area contributed by atoms with Gasteiger partial charge < -0.3 is 14.6 Å². The molecule has 0 spiro atoms. The molecule has 0 saturated heterocycles. The van der Waals surface area contributed by atoms with Gasteiger partial charge >= 0.3 is 0 Å². The molecule has 2 rings (SSSR count). The Labute approximate surface area is 128 Å². The van der Waals surface area contributed by atoms with Crippen LogP contribution in [0.25, 0.3) is 0 Å². The first kappa shape index (κ1) is 15.8. The monoisotopic (exact) mass is 303 g/mol. The van der Waals surface area contributed by atoms with Crippen molar-refractivity contribution in [2.24, 2.45) is 0 Å². The second-order valence-electron chi connectivity index (χ2n) is 4.57. The van der Waals surface area contributed by atoms with Crippen LogP contribution in [0.5, 0.6) is 11.5 Å². The predicted octanol–water partition coefficient (Wildman–Crippen LogP) is 2.94. The third-order valence-corrected chi connectivity index (χ3v) is 3.01. The Hall–Kier alpha value is -2.60. The van der Waals surface area contributed by atoms with E-state index in [9.17, 15) is 15.2 Å². The average Bonchev–Trinajstić information content (AvgIpc) is 2.55. The first-order valence-electron chi connectivity index (χ1n) is 6.89. The highest BCUT2D eigenvalue weighted by molar-refractivity contribution is 5.36. The van der Waals surface area contributed by atoms with Crippen molar-refractivity contribution >= 4 is 5.69 Å². The summed E-state index contributed by atoms with van der Waals surface area (Å²) >= 11 is 0. The number of benzene rings is 2. The number of aliphatic hydroxyl groups excluding tert-OH is 1. The number of ether oxygens (including phenoxy) is 2. The van der Waals surface area contributed by atoms with Gasteiger partial charge in [0.25, 0.3) is 5.69 Å². The smallest absolute Gasteiger partial charge is 0.269 e. The molecule has 0 aromatic heterocycles. The van der Waals surface area contributed by atoms with E-state index >= 15 is 0 Å². The number of aliphatic hydroxyl groups is 1. The van der Waals surface area contributed by atoms with Crippen LogP contribution in [-0.4, -0.2) is 23.2 Å². The maximum absolute atomic E-state index is 10.5. The van der Waals surface area contributed by atoms with Crippen molar-refractivity contribution in [1.82, 2.24) is 0 Å². The molecule has 0 heterocycles. The molecule has 0 aliphatic rings. The molecule has 6 nitrogen and oxygen atoms in total. The third-order valence-electron chi connectivity index (χ3n) is 3.01. The van der Waals surface area contributed by atoms with E-state index in [2.05, 4.69) is 0 Å². The van der Waals surface area contributed by atoms with E-state index in [1.54, 1.807) is 12.1 Å². The molecule has 0 amide bonds. The summed E-state index contributed by atoms with van der Waals surface area (Å²) in [6.07, 6.45) is 0.663. The molecule has 0 aliphatic heterocycles. The summed E-state index contributed by atoms with van der Waals surface area (Å²) in [5, 5.41) is 19.7. The fourth-order valence-corrected chi connectivity index (χ4v) is 1.87. The van der Waals surface area contributed by atoms with Crippen molar-refractivity contribution in [3.8, 4) is 11.5 Å². The van der Waals surface area contributed by atoms with Gasteiger partial charge in [-0.05, 0) is 18.2 Å². The van der Waals surface area contributed by atoms with Gasteiger partial charge in [-0.3, -0.25) is 10.1 Å². The summed E-state index contributed by atoms with van der Waals surface area (Å²) in [5.41, 5.74) is 0.787. The lowest BCUT2D eigenvalue weighted by Crippen LogP contribution is -2.06. The first-order valence-corrected chi connectivity index (χ1v) is 6.89. The number of nitrogens with zero attached hydrogens (tertiary/aromatic N) is 1. The van der Waals surface area contributed by atoms with Crippen LogP contribution >= 0.6 is 0 Å². The van der Waals surface area contributed by atoms with Crippen molar-refractivity contribution in [3.63, 3.8) is 0 Å². The Morgan fingerprint density at radius 2 is 1.68 bits per heavy atom. The van der Waals surface area contributed by atoms with E-state index in [1.165, 1.54) is 12.1 Å². The van der Waals surface area contributed by atoms with E-state index in [-0.39, 0.29) is 12.3 Å². The van der Waals surface area contributed by atoms with Gasteiger partial charge in [0.1, 0.15) is 11.5 Å². The van der Waals surface area contributed by atoms with Crippen molar-refractivity contribution < 1.29 is 19.5 Å². The second-order valence-corrected chi connectivity index (χ2v) is 4.57. The molecule has 116 valence electrons. The molecule has 2 aromatic rings. The number of hydrogen-bond donors (Lipinski definition) is 1. The lowest BCUT2D eigenvalue weighted by Gasteiger charge is -2.10. The SMILES string of the molecule is O=[N+]([O-])c1ccc(OCCCOc2ccccc2CO)cc1. The van der Waals surface area contributed by atoms with Crippen molar-refractivity contribution in [3.05, 3.63) is 64.2 Å². The van der Waals surface area contributed by atoms with E-state index in [1.807, 2.05) is 24.3 Å². The molecular weight excluding hydrogens is 286 g/mol. The number of nitro benzene ring substituents is 1. The predicted molar refractivity (Wildman–Crippen MR) is 81.1 cm³/mol. The van der Waals surface area contributed by atoms with Crippen LogP contribution in [-0.2, 0) is 6.61 Å². The number of nitro groups is 1. The molecular formula is C16H17NO5. The maximum Gasteiger partial charge on any atom is 0.269 e. The molecule has 0 fully saturated rings. The minimum Gasteiger partial charge on any atom is -0.493 e. The lowest BCUT2D eigenvalue weighted by molar-refractivity contribution is -0.384. The molecule has 0 aliphatic carbocycles. The Morgan fingerprint density at radius 3 is 2.36 bits per heavy atom. The van der Waals surface area contributed by atoms with Crippen LogP contribution in [0.4, 0.5) is 5.69 Å². The first-order chi connectivity index (χ1) is 10.7. The minimum absolute atomic E-state index is 0.0382. The summed E-state index contributed by atoms with van der Waals surface area (Å²) in [4.78, 5) is 10.1. The van der Waals surface area contributed by atoms with Crippen LogP contribution in [0.3, 0.4) is 0 Å². The van der Waals surface area contributed by atoms with Crippen LogP contribution in [0.1, 0.15) is 12.0 Å². The maximum atomic E-state index is 10.5. The summed E-state index contributed by atoms with van der Waals surface area (Å²) in [5.74, 6) is 1.25. The molecule has 0 unspecified atom stereocenters. The largest absolute Gasteiger partial charge is 0.493 e. The topological polar surface area (TPSA) is 81.8 Å². The Balaban J connectivity index is 1.72. The molecule has 0 atom stereocenters. The zero-order chi connectivity index (χ0) is 15.8. The fraction of sp³-hybridized carbons (Fsp3) is 0.250. The average molecular weight is 303 g/mol. The van der Waals surface area contributed by atoms with Crippen molar-refractivity contribution in [1.29, 1.82) is 0 Å². The number of para-hydroxylation sites is 1. The van der Waals surface area contributed by atoms with Gasteiger partial charge in [-0.25, -0.2) is 0 Å². The number of hydrogen-bond acceptors (Lipinski definition) is 5. The molecule has 0 saturated carbocycles. The summed E-state index contributed by atoms with van der Waals surface area (Å²) in [6.45, 7) is 0.846. The standard InChI is InChI=1S/C16H17NO5/c18-12-13-4-1-2-5-16(13)22-11-3-10-21-15-8-6-14(7-9-15)17(19)20/h1-2,4-9,18H,3,10-12H2. The van der Waals surface area contributed by atoms with Gasteiger partial charge in [-0.15, -0.1) is 0 Å². The molecule has 6 heteroatoms. The van der Waals surface area contributed by atoms with Gasteiger partial charge in [0.2, 0.25) is 0 Å². The highest BCUT2D eigenvalue weighted by Gasteiger charge is 2.04. The van der Waals surface area contributed by atoms with Crippen molar-refractivity contribution in [2.45, 2.75) is 13.0 Å². The second kappa shape index (κ2) is 7.99. The third kappa shape index (κ3) is 4.46. The van der Waals surface area contributed by atoms with E-state index in [0.717, 1.165) is 5.56 Å². The number of non-ortho nitro benzene ring substituents is 1. The summed E-state index contributed by atoms with van der Waals surface area (Å²) < 4.78 is 11.1. The minimum atomic E-state index is -0.448. The number of rotatable bonds is 8. The fourth-order valence-electron chi connectivity index (χ4n) is 1.87. The van der Waals surface area contributed by atoms with Crippen LogP contribution in [0.15, 0.2) is 48.5 Å². The molecule has 0 bridgehead atoms. The lowest BCUT2D eigenvalue weighted by atomic mass is 10.2. The van der Waals surface area contributed by atoms with Crippen LogP contribution in [0.2, 0.25) is 0 Å². The van der Waals surface area contributed by atoms with E-state index in [0.29, 0.717) is 31.1 Å². The molecule has 1 N–H and O–H groups in total. The Bertz CT molecular complexity index is 612. The van der Waals surface area contributed by atoms with Crippen LogP contribution < -0.4 is 9.47 Å². The zero-order valence-corrected chi connectivity index (χ0v) is 12.0. The molecule has 22 heavy (non-hydrogen) atoms. The zero-order valence-electron chi connectivity index (χ0n) is 12.0. The van der Waals surface area contributed by atoms with Crippen molar-refractivity contribution in [2.75, 3.05) is 13.2 Å². The summed E-state index contributed by atoms with van der Waals surface area (Å²) in [7, 11) is 0. The Kier molecular flexibility index (Phi) is 5.73. The quantitative estimate of drug-likeness (QED) is 0.460.